The van der Waals surface area contributed by atoms with Gasteiger partial charge in [-0.1, -0.05) is 0 Å². The summed E-state index contributed by atoms with van der Waals surface area (Å²) in [5, 5.41) is 4.28. The molecule has 2 rings (SSSR count). The maximum absolute atomic E-state index is 11.9. The first kappa shape index (κ1) is 11.3. The molecule has 7 nitrogen and oxygen atoms in total. The van der Waals surface area contributed by atoms with Crippen LogP contribution < -0.4 is 11.2 Å². The molecule has 0 unspecified atom stereocenters. The van der Waals surface area contributed by atoms with E-state index in [1.807, 2.05) is 0 Å². The van der Waals surface area contributed by atoms with E-state index in [1.165, 1.54) is 25.6 Å². The smallest absolute Gasteiger partial charge is 0.280 e. The highest BCUT2D eigenvalue weighted by Crippen LogP contribution is 2.11. The van der Waals surface area contributed by atoms with E-state index in [4.69, 9.17) is 0 Å². The lowest BCUT2D eigenvalue weighted by atomic mass is 10.3. The summed E-state index contributed by atoms with van der Waals surface area (Å²) in [5.74, 6) is -0.341. The van der Waals surface area contributed by atoms with Crippen molar-refractivity contribution < 1.29 is 4.79 Å². The highest BCUT2D eigenvalue weighted by molar-refractivity contribution is 5.88. The van der Waals surface area contributed by atoms with Crippen molar-refractivity contribution in [1.29, 1.82) is 0 Å². The summed E-state index contributed by atoms with van der Waals surface area (Å²) < 4.78 is 3.33. The fraction of sp³-hybridized carbons (Fsp3) is 0.400. The fourth-order valence-corrected chi connectivity index (χ4v) is 1.86. The second-order valence-corrected chi connectivity index (χ2v) is 3.92. The van der Waals surface area contributed by atoms with Crippen LogP contribution in [0.25, 0.3) is 11.0 Å². The van der Waals surface area contributed by atoms with Gasteiger partial charge >= 0.3 is 5.69 Å². The molecule has 7 heteroatoms. The Hall–Kier alpha value is -2.18. The molecular formula is C10H12N4O3. The molecule has 0 aliphatic heterocycles. The molecule has 0 aliphatic rings. The highest BCUT2D eigenvalue weighted by atomic mass is 16.2. The van der Waals surface area contributed by atoms with Crippen molar-refractivity contribution in [2.24, 2.45) is 14.1 Å². The van der Waals surface area contributed by atoms with Crippen LogP contribution in [-0.2, 0) is 14.1 Å². The number of fused-ring (bicyclic) bond motifs is 1. The number of carbonyl (C=O) groups is 1. The summed E-state index contributed by atoms with van der Waals surface area (Å²) in [6.07, 6.45) is 0. The van der Waals surface area contributed by atoms with Crippen LogP contribution in [-0.4, -0.2) is 24.8 Å². The monoisotopic (exact) mass is 236 g/mol. The van der Waals surface area contributed by atoms with Crippen LogP contribution >= 0.6 is 0 Å². The Bertz CT molecular complexity index is 747. The number of hydrogen-bond donors (Lipinski definition) is 0. The maximum atomic E-state index is 11.9. The van der Waals surface area contributed by atoms with Gasteiger partial charge in [-0.05, 0) is 6.92 Å². The van der Waals surface area contributed by atoms with E-state index >= 15 is 0 Å². The zero-order valence-corrected chi connectivity index (χ0v) is 10.0. The molecule has 0 N–H and O–H groups in total. The molecule has 0 fully saturated rings. The maximum Gasteiger partial charge on any atom is 0.332 e. The van der Waals surface area contributed by atoms with Gasteiger partial charge in [0.05, 0.1) is 5.69 Å². The van der Waals surface area contributed by atoms with Crippen LogP contribution in [0.2, 0.25) is 0 Å². The van der Waals surface area contributed by atoms with E-state index < -0.39 is 11.2 Å². The molecule has 0 aliphatic carbocycles. The van der Waals surface area contributed by atoms with E-state index in [-0.39, 0.29) is 11.6 Å². The summed E-state index contributed by atoms with van der Waals surface area (Å²) in [4.78, 5) is 35.1. The third-order valence-electron chi connectivity index (χ3n) is 2.74. The predicted molar refractivity (Wildman–Crippen MR) is 61.3 cm³/mol. The van der Waals surface area contributed by atoms with Crippen LogP contribution in [0.1, 0.15) is 17.4 Å². The lowest BCUT2D eigenvalue weighted by Crippen LogP contribution is -2.37. The van der Waals surface area contributed by atoms with Crippen LogP contribution in [0.3, 0.4) is 0 Å². The summed E-state index contributed by atoms with van der Waals surface area (Å²) in [6, 6.07) is 0. The van der Waals surface area contributed by atoms with Crippen molar-refractivity contribution >= 4 is 16.9 Å². The molecule has 0 amide bonds. The van der Waals surface area contributed by atoms with Crippen LogP contribution in [0, 0.1) is 6.92 Å². The average Bonchev–Trinajstić information content (AvgIpc) is 2.61. The number of carbonyl (C=O) groups excluding carboxylic acids is 1. The van der Waals surface area contributed by atoms with Crippen molar-refractivity contribution in [2.75, 3.05) is 0 Å². The van der Waals surface area contributed by atoms with Crippen LogP contribution in [0.4, 0.5) is 0 Å². The number of aryl methyl sites for hydroxylation is 2. The number of nitrogens with zero attached hydrogens (tertiary/aromatic N) is 4. The first-order valence-electron chi connectivity index (χ1n) is 5.02. The third-order valence-corrected chi connectivity index (χ3v) is 2.74. The number of hydrogen-bond acceptors (Lipinski definition) is 4. The Labute approximate surface area is 95.9 Å². The van der Waals surface area contributed by atoms with E-state index in [1.54, 1.807) is 6.92 Å². The van der Waals surface area contributed by atoms with Gasteiger partial charge in [0, 0.05) is 21.0 Å². The summed E-state index contributed by atoms with van der Waals surface area (Å²) >= 11 is 0. The Kier molecular flexibility index (Phi) is 2.27. The van der Waals surface area contributed by atoms with Gasteiger partial charge in [0.25, 0.3) is 5.56 Å². The molecule has 0 bridgehead atoms. The first-order valence-corrected chi connectivity index (χ1v) is 5.02. The third kappa shape index (κ3) is 1.35. The SMILES string of the molecule is CC(=O)n1nc(C)c2c(=O)n(C)c(=O)n(C)c21. The van der Waals surface area contributed by atoms with Crippen molar-refractivity contribution in [3.63, 3.8) is 0 Å². The van der Waals surface area contributed by atoms with Crippen LogP contribution in [0.5, 0.6) is 0 Å². The van der Waals surface area contributed by atoms with Crippen LogP contribution in [0.15, 0.2) is 9.59 Å². The van der Waals surface area contributed by atoms with Gasteiger partial charge in [-0.25, -0.2) is 4.79 Å². The van der Waals surface area contributed by atoms with Gasteiger partial charge in [0.1, 0.15) is 5.39 Å². The summed E-state index contributed by atoms with van der Waals surface area (Å²) in [5.41, 5.74) is -0.243. The molecular weight excluding hydrogens is 224 g/mol. The molecule has 17 heavy (non-hydrogen) atoms. The van der Waals surface area contributed by atoms with Gasteiger partial charge in [0.2, 0.25) is 5.91 Å². The largest absolute Gasteiger partial charge is 0.332 e. The molecule has 0 saturated carbocycles. The molecule has 90 valence electrons. The van der Waals surface area contributed by atoms with E-state index in [0.717, 1.165) is 9.25 Å². The van der Waals surface area contributed by atoms with Crippen molar-refractivity contribution in [1.82, 2.24) is 18.9 Å². The molecule has 0 saturated heterocycles. The van der Waals surface area contributed by atoms with E-state index in [2.05, 4.69) is 5.10 Å². The Morgan fingerprint density at radius 2 is 1.76 bits per heavy atom. The number of rotatable bonds is 0. The van der Waals surface area contributed by atoms with Gasteiger partial charge < -0.3 is 0 Å². The van der Waals surface area contributed by atoms with Crippen molar-refractivity contribution in [3.05, 3.63) is 26.5 Å². The van der Waals surface area contributed by atoms with Crippen molar-refractivity contribution in [2.45, 2.75) is 13.8 Å². The second kappa shape index (κ2) is 3.41. The van der Waals surface area contributed by atoms with E-state index in [0.29, 0.717) is 11.1 Å². The van der Waals surface area contributed by atoms with E-state index in [9.17, 15) is 14.4 Å². The molecule has 0 spiro atoms. The first-order chi connectivity index (χ1) is 7.86. The zero-order chi connectivity index (χ0) is 12.9. The lowest BCUT2D eigenvalue weighted by Gasteiger charge is -2.05. The molecule has 2 aromatic rings. The Balaban J connectivity index is 3.20. The summed E-state index contributed by atoms with van der Waals surface area (Å²) in [6.45, 7) is 2.96. The molecule has 2 heterocycles. The minimum Gasteiger partial charge on any atom is -0.280 e. The fourth-order valence-electron chi connectivity index (χ4n) is 1.86. The number of aromatic nitrogens is 4. The molecule has 0 radical (unpaired) electrons. The molecule has 2 aromatic heterocycles. The topological polar surface area (TPSA) is 78.9 Å². The minimum atomic E-state index is -0.482. The van der Waals surface area contributed by atoms with Gasteiger partial charge in [0.15, 0.2) is 5.65 Å². The molecule has 0 atom stereocenters. The predicted octanol–water partition coefficient (Wildman–Crippen LogP) is -0.598. The zero-order valence-electron chi connectivity index (χ0n) is 10.0. The van der Waals surface area contributed by atoms with Gasteiger partial charge in [-0.2, -0.15) is 9.78 Å². The van der Waals surface area contributed by atoms with Gasteiger partial charge in [-0.15, -0.1) is 0 Å². The second-order valence-electron chi connectivity index (χ2n) is 3.92. The Morgan fingerprint density at radius 3 is 2.29 bits per heavy atom. The standard InChI is InChI=1S/C10H12N4O3/c1-5-7-8(14(11-5)6(2)15)12(3)10(17)13(4)9(7)16/h1-4H3. The average molecular weight is 236 g/mol. The summed E-state index contributed by atoms with van der Waals surface area (Å²) in [7, 11) is 2.90. The highest BCUT2D eigenvalue weighted by Gasteiger charge is 2.18. The van der Waals surface area contributed by atoms with Gasteiger partial charge in [-0.3, -0.25) is 18.7 Å². The quantitative estimate of drug-likeness (QED) is 0.612. The normalized spacial score (nSPS) is 11.1. The molecule has 0 aromatic carbocycles. The lowest BCUT2D eigenvalue weighted by molar-refractivity contribution is 0.0925. The van der Waals surface area contributed by atoms with Crippen molar-refractivity contribution in [3.8, 4) is 0 Å². The minimum absolute atomic E-state index is 0.239. The Morgan fingerprint density at radius 1 is 1.18 bits per heavy atom.